The van der Waals surface area contributed by atoms with Crippen LogP contribution >= 0.6 is 0 Å². The van der Waals surface area contributed by atoms with Gasteiger partial charge in [-0.2, -0.15) is 13.2 Å². The predicted molar refractivity (Wildman–Crippen MR) is 73.5 cm³/mol. The molecule has 2 aromatic carbocycles. The highest BCUT2D eigenvalue weighted by Crippen LogP contribution is 2.31. The van der Waals surface area contributed by atoms with Crippen LogP contribution in [0.15, 0.2) is 48.5 Å². The SMILES string of the molecule is Nc1ccccc1CNC(=O)c1ccccc1C(F)(F)F. The molecule has 110 valence electrons. The number of nitrogens with one attached hydrogen (secondary N) is 1. The normalized spacial score (nSPS) is 11.2. The molecule has 0 fully saturated rings. The molecule has 1 amide bonds. The first-order chi connectivity index (χ1) is 9.89. The minimum absolute atomic E-state index is 0.0672. The van der Waals surface area contributed by atoms with Gasteiger partial charge in [-0.15, -0.1) is 0 Å². The van der Waals surface area contributed by atoms with Crippen LogP contribution < -0.4 is 11.1 Å². The molecule has 0 unspecified atom stereocenters. The zero-order chi connectivity index (χ0) is 15.5. The average Bonchev–Trinajstić information content (AvgIpc) is 2.45. The average molecular weight is 294 g/mol. The van der Waals surface area contributed by atoms with Crippen LogP contribution in [-0.2, 0) is 12.7 Å². The molecule has 0 aliphatic rings. The summed E-state index contributed by atoms with van der Waals surface area (Å²) >= 11 is 0. The van der Waals surface area contributed by atoms with Gasteiger partial charge >= 0.3 is 6.18 Å². The van der Waals surface area contributed by atoms with E-state index >= 15 is 0 Å². The van der Waals surface area contributed by atoms with Crippen LogP contribution in [0.4, 0.5) is 18.9 Å². The number of para-hydroxylation sites is 1. The second kappa shape index (κ2) is 5.87. The Morgan fingerprint density at radius 2 is 1.67 bits per heavy atom. The third kappa shape index (κ3) is 3.53. The smallest absolute Gasteiger partial charge is 0.398 e. The van der Waals surface area contributed by atoms with Crippen LogP contribution in [0.5, 0.6) is 0 Å². The summed E-state index contributed by atoms with van der Waals surface area (Å²) in [6.45, 7) is 0.0672. The number of carbonyl (C=O) groups excluding carboxylic acids is 1. The van der Waals surface area contributed by atoms with Crippen molar-refractivity contribution in [3.05, 3.63) is 65.2 Å². The van der Waals surface area contributed by atoms with Crippen molar-refractivity contribution in [1.29, 1.82) is 0 Å². The van der Waals surface area contributed by atoms with Crippen LogP contribution in [0.25, 0.3) is 0 Å². The lowest BCUT2D eigenvalue weighted by molar-refractivity contribution is -0.137. The van der Waals surface area contributed by atoms with Crippen LogP contribution in [0.2, 0.25) is 0 Å². The molecule has 0 saturated heterocycles. The van der Waals surface area contributed by atoms with Crippen molar-refractivity contribution >= 4 is 11.6 Å². The summed E-state index contributed by atoms with van der Waals surface area (Å²) in [7, 11) is 0. The first-order valence-electron chi connectivity index (χ1n) is 6.17. The summed E-state index contributed by atoms with van der Waals surface area (Å²) in [6, 6.07) is 11.5. The lowest BCUT2D eigenvalue weighted by Crippen LogP contribution is -2.26. The fourth-order valence-electron chi connectivity index (χ4n) is 1.89. The molecular formula is C15H13F3N2O. The number of halogens is 3. The van der Waals surface area contributed by atoms with Gasteiger partial charge in [0, 0.05) is 12.2 Å². The molecule has 0 aromatic heterocycles. The van der Waals surface area contributed by atoms with Crippen molar-refractivity contribution in [2.24, 2.45) is 0 Å². The fraction of sp³-hybridized carbons (Fsp3) is 0.133. The monoisotopic (exact) mass is 294 g/mol. The van der Waals surface area contributed by atoms with Crippen molar-refractivity contribution in [3.63, 3.8) is 0 Å². The number of amides is 1. The number of rotatable bonds is 3. The second-order valence-electron chi connectivity index (χ2n) is 4.42. The molecule has 3 N–H and O–H groups in total. The number of hydrogen-bond acceptors (Lipinski definition) is 2. The number of benzene rings is 2. The van der Waals surface area contributed by atoms with Gasteiger partial charge in [-0.25, -0.2) is 0 Å². The van der Waals surface area contributed by atoms with Gasteiger partial charge in [-0.05, 0) is 23.8 Å². The predicted octanol–water partition coefficient (Wildman–Crippen LogP) is 3.22. The molecule has 0 bridgehead atoms. The van der Waals surface area contributed by atoms with Gasteiger partial charge in [0.25, 0.3) is 5.91 Å². The molecule has 3 nitrogen and oxygen atoms in total. The van der Waals surface area contributed by atoms with Gasteiger partial charge in [0.1, 0.15) is 0 Å². The number of hydrogen-bond donors (Lipinski definition) is 2. The van der Waals surface area contributed by atoms with E-state index in [-0.39, 0.29) is 6.54 Å². The summed E-state index contributed by atoms with van der Waals surface area (Å²) in [5.41, 5.74) is 5.48. The van der Waals surface area contributed by atoms with Crippen LogP contribution in [0, 0.1) is 0 Å². The number of alkyl halides is 3. The van der Waals surface area contributed by atoms with E-state index in [1.807, 2.05) is 0 Å². The molecule has 0 spiro atoms. The molecule has 0 heterocycles. The quantitative estimate of drug-likeness (QED) is 0.854. The summed E-state index contributed by atoms with van der Waals surface area (Å²) < 4.78 is 38.5. The Balaban J connectivity index is 2.17. The van der Waals surface area contributed by atoms with E-state index in [1.54, 1.807) is 24.3 Å². The molecule has 0 radical (unpaired) electrons. The summed E-state index contributed by atoms with van der Waals surface area (Å²) in [4.78, 5) is 11.9. The summed E-state index contributed by atoms with van der Waals surface area (Å²) in [5, 5.41) is 2.45. The Bertz CT molecular complexity index is 653. The Kier molecular flexibility index (Phi) is 4.16. The number of nitrogen functional groups attached to an aromatic ring is 1. The Morgan fingerprint density at radius 1 is 1.05 bits per heavy atom. The van der Waals surface area contributed by atoms with Crippen LogP contribution in [-0.4, -0.2) is 5.91 Å². The largest absolute Gasteiger partial charge is 0.417 e. The minimum atomic E-state index is -4.57. The standard InChI is InChI=1S/C15H13F3N2O/c16-15(17,18)12-7-3-2-6-11(12)14(21)20-9-10-5-1-4-8-13(10)19/h1-8H,9,19H2,(H,20,21). The Hall–Kier alpha value is -2.50. The van der Waals surface area contributed by atoms with Crippen LogP contribution in [0.3, 0.4) is 0 Å². The zero-order valence-corrected chi connectivity index (χ0v) is 10.9. The second-order valence-corrected chi connectivity index (χ2v) is 4.42. The highest BCUT2D eigenvalue weighted by Gasteiger charge is 2.34. The highest BCUT2D eigenvalue weighted by atomic mass is 19.4. The molecule has 2 rings (SSSR count). The fourth-order valence-corrected chi connectivity index (χ4v) is 1.89. The van der Waals surface area contributed by atoms with E-state index < -0.39 is 23.2 Å². The van der Waals surface area contributed by atoms with Gasteiger partial charge in [0.2, 0.25) is 0 Å². The maximum Gasteiger partial charge on any atom is 0.417 e. The first-order valence-corrected chi connectivity index (χ1v) is 6.17. The number of carbonyl (C=O) groups is 1. The van der Waals surface area contributed by atoms with Crippen molar-refractivity contribution in [3.8, 4) is 0 Å². The third-order valence-corrected chi connectivity index (χ3v) is 2.97. The molecular weight excluding hydrogens is 281 g/mol. The Morgan fingerprint density at radius 3 is 2.33 bits per heavy atom. The zero-order valence-electron chi connectivity index (χ0n) is 10.9. The first kappa shape index (κ1) is 14.9. The molecule has 2 aromatic rings. The minimum Gasteiger partial charge on any atom is -0.398 e. The highest BCUT2D eigenvalue weighted by molar-refractivity contribution is 5.95. The van der Waals surface area contributed by atoms with Crippen molar-refractivity contribution in [2.45, 2.75) is 12.7 Å². The summed E-state index contributed by atoms with van der Waals surface area (Å²) in [6.07, 6.45) is -4.57. The van der Waals surface area contributed by atoms with Crippen molar-refractivity contribution < 1.29 is 18.0 Å². The molecule has 0 aliphatic heterocycles. The third-order valence-electron chi connectivity index (χ3n) is 2.97. The van der Waals surface area contributed by atoms with E-state index in [0.29, 0.717) is 11.3 Å². The van der Waals surface area contributed by atoms with Gasteiger partial charge in [-0.3, -0.25) is 4.79 Å². The lowest BCUT2D eigenvalue weighted by Gasteiger charge is -2.13. The van der Waals surface area contributed by atoms with E-state index in [0.717, 1.165) is 12.1 Å². The van der Waals surface area contributed by atoms with Gasteiger partial charge in [-0.1, -0.05) is 30.3 Å². The Labute approximate surface area is 119 Å². The maximum absolute atomic E-state index is 12.8. The van der Waals surface area contributed by atoms with Gasteiger partial charge in [0.15, 0.2) is 0 Å². The number of nitrogens with two attached hydrogens (primary N) is 1. The van der Waals surface area contributed by atoms with Crippen molar-refractivity contribution in [2.75, 3.05) is 5.73 Å². The topological polar surface area (TPSA) is 55.1 Å². The molecule has 0 aliphatic carbocycles. The van der Waals surface area contributed by atoms with E-state index in [2.05, 4.69) is 5.32 Å². The van der Waals surface area contributed by atoms with Crippen LogP contribution in [0.1, 0.15) is 21.5 Å². The van der Waals surface area contributed by atoms with E-state index in [4.69, 9.17) is 5.73 Å². The van der Waals surface area contributed by atoms with E-state index in [9.17, 15) is 18.0 Å². The maximum atomic E-state index is 12.8. The van der Waals surface area contributed by atoms with Gasteiger partial charge < -0.3 is 11.1 Å². The van der Waals surface area contributed by atoms with Crippen molar-refractivity contribution in [1.82, 2.24) is 5.32 Å². The van der Waals surface area contributed by atoms with E-state index in [1.165, 1.54) is 12.1 Å². The molecule has 6 heteroatoms. The molecule has 21 heavy (non-hydrogen) atoms. The lowest BCUT2D eigenvalue weighted by atomic mass is 10.1. The molecule has 0 saturated carbocycles. The molecule has 0 atom stereocenters. The van der Waals surface area contributed by atoms with Gasteiger partial charge in [0.05, 0.1) is 11.1 Å². The number of anilines is 1. The summed E-state index contributed by atoms with van der Waals surface area (Å²) in [5.74, 6) is -0.786.